The first-order valence-electron chi connectivity index (χ1n) is 13.2. The van der Waals surface area contributed by atoms with Crippen molar-refractivity contribution in [2.45, 2.75) is 82.2 Å². The molecule has 3 amide bonds. The van der Waals surface area contributed by atoms with E-state index in [1.807, 2.05) is 0 Å². The molecule has 0 aromatic rings. The van der Waals surface area contributed by atoms with Crippen LogP contribution in [0.3, 0.4) is 0 Å². The lowest BCUT2D eigenvalue weighted by Gasteiger charge is -2.32. The maximum atomic E-state index is 13.5. The van der Waals surface area contributed by atoms with Gasteiger partial charge in [-0.1, -0.05) is 44.9 Å². The Morgan fingerprint density at radius 2 is 1.67 bits per heavy atom. The van der Waals surface area contributed by atoms with Gasteiger partial charge in [0.1, 0.15) is 11.6 Å². The molecule has 4 aliphatic rings. The van der Waals surface area contributed by atoms with E-state index in [0.29, 0.717) is 51.6 Å². The molecule has 0 spiro atoms. The van der Waals surface area contributed by atoms with Crippen molar-refractivity contribution in [1.29, 1.82) is 5.26 Å². The van der Waals surface area contributed by atoms with Crippen LogP contribution in [0.25, 0.3) is 0 Å². The van der Waals surface area contributed by atoms with Gasteiger partial charge in [-0.05, 0) is 37.5 Å². The van der Waals surface area contributed by atoms with E-state index in [2.05, 4.69) is 21.6 Å². The lowest BCUT2D eigenvalue weighted by atomic mass is 9.84. The van der Waals surface area contributed by atoms with Gasteiger partial charge in [0.15, 0.2) is 0 Å². The number of carbonyl (C=O) groups excluding carboxylic acids is 2. The minimum atomic E-state index is -0.857. The highest BCUT2D eigenvalue weighted by Crippen LogP contribution is 2.30. The molecule has 33 heavy (non-hydrogen) atoms. The van der Waals surface area contributed by atoms with Crippen molar-refractivity contribution in [2.75, 3.05) is 45.9 Å². The predicted octanol–water partition coefficient (Wildman–Crippen LogP) is 2.64. The molecular formula is C25H41N5O3. The van der Waals surface area contributed by atoms with Crippen molar-refractivity contribution in [3.05, 3.63) is 0 Å². The molecule has 2 aliphatic heterocycles. The molecule has 2 aliphatic carbocycles. The van der Waals surface area contributed by atoms with Crippen LogP contribution >= 0.6 is 0 Å². The first-order valence-corrected chi connectivity index (χ1v) is 13.2. The molecule has 2 heterocycles. The second kappa shape index (κ2) is 11.5. The number of likely N-dealkylation sites (tertiary alicyclic amines) is 1. The number of ether oxygens (including phenoxy) is 1. The molecule has 0 bridgehead atoms. The first-order chi connectivity index (χ1) is 16.1. The van der Waals surface area contributed by atoms with Crippen LogP contribution in [0.5, 0.6) is 0 Å². The zero-order chi connectivity index (χ0) is 23.1. The van der Waals surface area contributed by atoms with E-state index in [-0.39, 0.29) is 11.9 Å². The number of urea groups is 1. The van der Waals surface area contributed by atoms with Crippen molar-refractivity contribution in [3.63, 3.8) is 0 Å². The summed E-state index contributed by atoms with van der Waals surface area (Å²) < 4.78 is 5.36. The van der Waals surface area contributed by atoms with E-state index in [0.717, 1.165) is 31.8 Å². The van der Waals surface area contributed by atoms with Crippen molar-refractivity contribution in [2.24, 2.45) is 11.8 Å². The Labute approximate surface area is 198 Å². The van der Waals surface area contributed by atoms with Gasteiger partial charge in [-0.3, -0.25) is 9.69 Å². The van der Waals surface area contributed by atoms with Crippen LogP contribution in [0, 0.1) is 23.2 Å². The normalized spacial score (nSPS) is 28.4. The highest BCUT2D eigenvalue weighted by Gasteiger charge is 2.42. The maximum Gasteiger partial charge on any atom is 0.318 e. The monoisotopic (exact) mass is 459 g/mol. The molecule has 0 aromatic heterocycles. The van der Waals surface area contributed by atoms with Crippen molar-refractivity contribution in [3.8, 4) is 6.07 Å². The fraction of sp³-hybridized carbons (Fsp3) is 0.880. The van der Waals surface area contributed by atoms with E-state index in [9.17, 15) is 14.9 Å². The zero-order valence-corrected chi connectivity index (χ0v) is 20.0. The number of nitrogens with zero attached hydrogens (tertiary/aromatic N) is 3. The van der Waals surface area contributed by atoms with Crippen LogP contribution in [0.4, 0.5) is 4.79 Å². The Hall–Kier alpha value is -1.85. The lowest BCUT2D eigenvalue weighted by Crippen LogP contribution is -2.58. The minimum absolute atomic E-state index is 0.199. The quantitative estimate of drug-likeness (QED) is 0.610. The third-order valence-corrected chi connectivity index (χ3v) is 8.12. The number of nitriles is 1. The molecule has 2 N–H and O–H groups in total. The van der Waals surface area contributed by atoms with Crippen molar-refractivity contribution in [1.82, 2.24) is 20.4 Å². The summed E-state index contributed by atoms with van der Waals surface area (Å²) in [5.41, 5.74) is -0.857. The SMILES string of the molecule is N#CC1(NC(=O)C(CC2CCCCC2)NC(=O)N2CCOCC2)CCN(CC2CCCC2)C1. The molecule has 0 aromatic carbocycles. The van der Waals surface area contributed by atoms with Crippen LogP contribution < -0.4 is 10.6 Å². The number of morpholine rings is 1. The van der Waals surface area contributed by atoms with Gasteiger partial charge in [0, 0.05) is 32.7 Å². The molecule has 2 saturated heterocycles. The molecule has 8 nitrogen and oxygen atoms in total. The minimum Gasteiger partial charge on any atom is -0.378 e. The second-order valence-electron chi connectivity index (χ2n) is 10.7. The van der Waals surface area contributed by atoms with E-state index in [1.54, 1.807) is 4.90 Å². The molecule has 2 saturated carbocycles. The fourth-order valence-corrected chi connectivity index (χ4v) is 6.14. The van der Waals surface area contributed by atoms with Gasteiger partial charge in [-0.15, -0.1) is 0 Å². The summed E-state index contributed by atoms with van der Waals surface area (Å²) >= 11 is 0. The summed E-state index contributed by atoms with van der Waals surface area (Å²) in [6, 6.07) is 1.63. The Kier molecular flexibility index (Phi) is 8.48. The zero-order valence-electron chi connectivity index (χ0n) is 20.0. The average Bonchev–Trinajstić information content (AvgIpc) is 3.50. The largest absolute Gasteiger partial charge is 0.378 e. The summed E-state index contributed by atoms with van der Waals surface area (Å²) in [6.07, 6.45) is 12.3. The van der Waals surface area contributed by atoms with Crippen LogP contribution in [0.1, 0.15) is 70.6 Å². The van der Waals surface area contributed by atoms with E-state index >= 15 is 0 Å². The summed E-state index contributed by atoms with van der Waals surface area (Å²) in [4.78, 5) is 30.4. The Morgan fingerprint density at radius 1 is 1.00 bits per heavy atom. The molecule has 2 unspecified atom stereocenters. The van der Waals surface area contributed by atoms with Gasteiger partial charge in [0.2, 0.25) is 5.91 Å². The topological polar surface area (TPSA) is 97.7 Å². The van der Waals surface area contributed by atoms with Crippen LogP contribution in [0.2, 0.25) is 0 Å². The standard InChI is InChI=1S/C25H41N5O3/c26-18-25(10-11-29(19-25)17-21-8-4-5-9-21)28-23(31)22(16-20-6-2-1-3-7-20)27-24(32)30-12-14-33-15-13-30/h20-22H,1-17,19H2,(H,27,32)(H,28,31). The van der Waals surface area contributed by atoms with Crippen molar-refractivity contribution < 1.29 is 14.3 Å². The molecular weight excluding hydrogens is 418 g/mol. The average molecular weight is 460 g/mol. The van der Waals surface area contributed by atoms with Gasteiger partial charge < -0.3 is 20.3 Å². The van der Waals surface area contributed by atoms with Crippen molar-refractivity contribution >= 4 is 11.9 Å². The Balaban J connectivity index is 1.38. The molecule has 184 valence electrons. The highest BCUT2D eigenvalue weighted by atomic mass is 16.5. The van der Waals surface area contributed by atoms with Gasteiger partial charge in [0.05, 0.1) is 19.3 Å². The lowest BCUT2D eigenvalue weighted by molar-refractivity contribution is -0.124. The molecule has 8 heteroatoms. The summed E-state index contributed by atoms with van der Waals surface area (Å²) in [7, 11) is 0. The smallest absolute Gasteiger partial charge is 0.318 e. The summed E-state index contributed by atoms with van der Waals surface area (Å²) in [5.74, 6) is 0.966. The van der Waals surface area contributed by atoms with Gasteiger partial charge in [-0.2, -0.15) is 5.26 Å². The van der Waals surface area contributed by atoms with Crippen LogP contribution in [0.15, 0.2) is 0 Å². The summed E-state index contributed by atoms with van der Waals surface area (Å²) in [6.45, 7) is 4.60. The molecule has 4 rings (SSSR count). The Bertz CT molecular complexity index is 707. The van der Waals surface area contributed by atoms with E-state index in [4.69, 9.17) is 4.74 Å². The Morgan fingerprint density at radius 3 is 2.36 bits per heavy atom. The van der Waals surface area contributed by atoms with E-state index in [1.165, 1.54) is 44.9 Å². The second-order valence-corrected chi connectivity index (χ2v) is 10.7. The van der Waals surface area contributed by atoms with Gasteiger partial charge >= 0.3 is 6.03 Å². The first kappa shape index (κ1) is 24.3. The predicted molar refractivity (Wildman–Crippen MR) is 125 cm³/mol. The third-order valence-electron chi connectivity index (χ3n) is 8.12. The molecule has 4 fully saturated rings. The molecule has 2 atom stereocenters. The van der Waals surface area contributed by atoms with E-state index < -0.39 is 11.6 Å². The maximum absolute atomic E-state index is 13.5. The van der Waals surface area contributed by atoms with Gasteiger partial charge in [-0.25, -0.2) is 4.79 Å². The van der Waals surface area contributed by atoms with Crippen LogP contribution in [-0.4, -0.2) is 79.3 Å². The highest BCUT2D eigenvalue weighted by molar-refractivity contribution is 5.88. The number of amides is 3. The number of nitrogens with one attached hydrogen (secondary N) is 2. The number of rotatable bonds is 7. The molecule has 0 radical (unpaired) electrons. The van der Waals surface area contributed by atoms with Crippen LogP contribution in [-0.2, 0) is 9.53 Å². The number of hydrogen-bond acceptors (Lipinski definition) is 5. The fourth-order valence-electron chi connectivity index (χ4n) is 6.14. The number of hydrogen-bond donors (Lipinski definition) is 2. The third kappa shape index (κ3) is 6.60. The van der Waals surface area contributed by atoms with Gasteiger partial charge in [0.25, 0.3) is 0 Å². The summed E-state index contributed by atoms with van der Waals surface area (Å²) in [5, 5.41) is 16.1. The number of carbonyl (C=O) groups is 2.